The number of rotatable bonds is 5. The summed E-state index contributed by atoms with van der Waals surface area (Å²) in [6, 6.07) is 0. The van der Waals surface area contributed by atoms with Crippen LogP contribution < -0.4 is 0 Å². The molecule has 1 N–H and O–H groups in total. The van der Waals surface area contributed by atoms with Gasteiger partial charge in [-0.2, -0.15) is 0 Å². The molecule has 0 aliphatic carbocycles. The quantitative estimate of drug-likeness (QED) is 0.619. The van der Waals surface area contributed by atoms with E-state index in [1.54, 1.807) is 41.5 Å². The van der Waals surface area contributed by atoms with Crippen molar-refractivity contribution >= 4 is 11.9 Å². The summed E-state index contributed by atoms with van der Waals surface area (Å²) in [7, 11) is 0. The standard InChI is InChI=1S/C15H26O5/c1-8-9-10(12(17)19-14(2,3)4)11(16)13(18)20-15(5,6)7/h8,10-11,16H,1,9H2,2-7H3/t10-,11+/m0/s1. The van der Waals surface area contributed by atoms with Crippen LogP contribution in [0.3, 0.4) is 0 Å². The summed E-state index contributed by atoms with van der Waals surface area (Å²) in [5.41, 5.74) is -1.42. The molecule has 0 aliphatic rings. The van der Waals surface area contributed by atoms with Crippen LogP contribution in [0.25, 0.3) is 0 Å². The number of esters is 2. The van der Waals surface area contributed by atoms with Crippen LogP contribution in [0.4, 0.5) is 0 Å². The van der Waals surface area contributed by atoms with Crippen LogP contribution >= 0.6 is 0 Å². The Labute approximate surface area is 121 Å². The number of carbonyl (C=O) groups excluding carboxylic acids is 2. The van der Waals surface area contributed by atoms with Crippen molar-refractivity contribution in [3.63, 3.8) is 0 Å². The molecule has 0 rings (SSSR count). The average molecular weight is 286 g/mol. The Morgan fingerprint density at radius 2 is 1.45 bits per heavy atom. The minimum absolute atomic E-state index is 0.134. The minimum atomic E-state index is -1.57. The molecule has 0 heterocycles. The third kappa shape index (κ3) is 7.28. The zero-order chi connectivity index (χ0) is 16.1. The van der Waals surface area contributed by atoms with Gasteiger partial charge in [-0.25, -0.2) is 4.79 Å². The Morgan fingerprint density at radius 1 is 1.05 bits per heavy atom. The lowest BCUT2D eigenvalue weighted by Gasteiger charge is -2.27. The van der Waals surface area contributed by atoms with E-state index in [1.807, 2.05) is 0 Å². The van der Waals surface area contributed by atoms with Gasteiger partial charge in [0.1, 0.15) is 11.2 Å². The fourth-order valence-corrected chi connectivity index (χ4v) is 1.44. The Balaban J connectivity index is 4.94. The average Bonchev–Trinajstić information content (AvgIpc) is 2.19. The van der Waals surface area contributed by atoms with Gasteiger partial charge >= 0.3 is 11.9 Å². The first-order chi connectivity index (χ1) is 8.87. The number of allylic oxidation sites excluding steroid dienone is 1. The summed E-state index contributed by atoms with van der Waals surface area (Å²) in [6.07, 6.45) is 0.0272. The maximum absolute atomic E-state index is 12.0. The highest BCUT2D eigenvalue weighted by molar-refractivity contribution is 5.84. The first kappa shape index (κ1) is 18.6. The van der Waals surface area contributed by atoms with Crippen molar-refractivity contribution in [1.82, 2.24) is 0 Å². The lowest BCUT2D eigenvalue weighted by atomic mass is 9.98. The number of carbonyl (C=O) groups is 2. The van der Waals surface area contributed by atoms with E-state index in [1.165, 1.54) is 6.08 Å². The van der Waals surface area contributed by atoms with E-state index in [4.69, 9.17) is 9.47 Å². The van der Waals surface area contributed by atoms with Crippen molar-refractivity contribution in [2.45, 2.75) is 65.3 Å². The molecule has 0 saturated carbocycles. The Bertz CT molecular complexity index is 359. The number of hydrogen-bond acceptors (Lipinski definition) is 5. The third-order valence-corrected chi connectivity index (χ3v) is 2.16. The van der Waals surface area contributed by atoms with Crippen LogP contribution in [0.2, 0.25) is 0 Å². The molecule has 0 aliphatic heterocycles. The van der Waals surface area contributed by atoms with Crippen molar-refractivity contribution < 1.29 is 24.2 Å². The molecule has 0 bridgehead atoms. The van der Waals surface area contributed by atoms with Crippen molar-refractivity contribution in [2.24, 2.45) is 5.92 Å². The van der Waals surface area contributed by atoms with Gasteiger partial charge in [-0.05, 0) is 48.0 Å². The van der Waals surface area contributed by atoms with Crippen LogP contribution in [0.1, 0.15) is 48.0 Å². The molecule has 0 saturated heterocycles. The van der Waals surface area contributed by atoms with Gasteiger partial charge in [0.15, 0.2) is 6.10 Å². The van der Waals surface area contributed by atoms with E-state index in [9.17, 15) is 14.7 Å². The van der Waals surface area contributed by atoms with E-state index in [0.717, 1.165) is 0 Å². The van der Waals surface area contributed by atoms with Crippen molar-refractivity contribution in [3.05, 3.63) is 12.7 Å². The number of aliphatic hydroxyl groups excluding tert-OH is 1. The van der Waals surface area contributed by atoms with Gasteiger partial charge in [-0.1, -0.05) is 6.08 Å². The number of ether oxygens (including phenoxy) is 2. The van der Waals surface area contributed by atoms with E-state index in [-0.39, 0.29) is 6.42 Å². The van der Waals surface area contributed by atoms with E-state index >= 15 is 0 Å². The fourth-order valence-electron chi connectivity index (χ4n) is 1.44. The monoisotopic (exact) mass is 286 g/mol. The van der Waals surface area contributed by atoms with Gasteiger partial charge in [0.2, 0.25) is 0 Å². The maximum Gasteiger partial charge on any atom is 0.336 e. The molecule has 0 aromatic heterocycles. The van der Waals surface area contributed by atoms with Crippen LogP contribution in [0.5, 0.6) is 0 Å². The predicted octanol–water partition coefficient (Wildman–Crippen LogP) is 2.22. The van der Waals surface area contributed by atoms with Crippen LogP contribution in [-0.4, -0.2) is 34.4 Å². The van der Waals surface area contributed by atoms with E-state index in [0.29, 0.717) is 0 Å². The first-order valence-corrected chi connectivity index (χ1v) is 6.62. The molecular formula is C15H26O5. The molecule has 0 amide bonds. The molecule has 0 spiro atoms. The molecule has 116 valence electrons. The second-order valence-electron chi connectivity index (χ2n) is 6.64. The van der Waals surface area contributed by atoms with Gasteiger partial charge in [0, 0.05) is 0 Å². The summed E-state index contributed by atoms with van der Waals surface area (Å²) in [6.45, 7) is 13.7. The fraction of sp³-hybridized carbons (Fsp3) is 0.733. The normalized spacial score (nSPS) is 15.2. The van der Waals surface area contributed by atoms with Gasteiger partial charge < -0.3 is 14.6 Å². The molecule has 5 nitrogen and oxygen atoms in total. The summed E-state index contributed by atoms with van der Waals surface area (Å²) in [4.78, 5) is 23.9. The van der Waals surface area contributed by atoms with Crippen LogP contribution in [0.15, 0.2) is 12.7 Å². The molecule has 0 aromatic carbocycles. The van der Waals surface area contributed by atoms with Gasteiger partial charge in [0.05, 0.1) is 5.92 Å². The Hall–Kier alpha value is -1.36. The highest BCUT2D eigenvalue weighted by Crippen LogP contribution is 2.20. The second kappa shape index (κ2) is 6.88. The minimum Gasteiger partial charge on any atom is -0.460 e. The highest BCUT2D eigenvalue weighted by Gasteiger charge is 2.36. The second-order valence-corrected chi connectivity index (χ2v) is 6.64. The largest absolute Gasteiger partial charge is 0.460 e. The topological polar surface area (TPSA) is 72.8 Å². The summed E-state index contributed by atoms with van der Waals surface area (Å²) in [5, 5.41) is 10.0. The Morgan fingerprint density at radius 3 is 1.80 bits per heavy atom. The first-order valence-electron chi connectivity index (χ1n) is 6.62. The van der Waals surface area contributed by atoms with Crippen molar-refractivity contribution in [2.75, 3.05) is 0 Å². The summed E-state index contributed by atoms with van der Waals surface area (Å²) < 4.78 is 10.3. The molecule has 0 unspecified atom stereocenters. The number of aliphatic hydroxyl groups is 1. The lowest BCUT2D eigenvalue weighted by molar-refractivity contribution is -0.178. The molecule has 5 heteroatoms. The van der Waals surface area contributed by atoms with Crippen molar-refractivity contribution in [3.8, 4) is 0 Å². The Kier molecular flexibility index (Phi) is 6.41. The van der Waals surface area contributed by atoms with Gasteiger partial charge in [-0.15, -0.1) is 6.58 Å². The van der Waals surface area contributed by atoms with Crippen LogP contribution in [0, 0.1) is 5.92 Å². The molecule has 0 radical (unpaired) electrons. The molecule has 0 aromatic rings. The smallest absolute Gasteiger partial charge is 0.336 e. The van der Waals surface area contributed by atoms with Gasteiger partial charge in [0.25, 0.3) is 0 Å². The SMILES string of the molecule is C=CC[C@H](C(=O)OC(C)(C)C)[C@@H](O)C(=O)OC(C)(C)C. The summed E-state index contributed by atoms with van der Waals surface area (Å²) in [5.74, 6) is -2.49. The zero-order valence-corrected chi connectivity index (χ0v) is 13.2. The molecular weight excluding hydrogens is 260 g/mol. The maximum atomic E-state index is 12.0. The molecule has 0 fully saturated rings. The van der Waals surface area contributed by atoms with Gasteiger partial charge in [-0.3, -0.25) is 4.79 Å². The third-order valence-electron chi connectivity index (χ3n) is 2.16. The van der Waals surface area contributed by atoms with Crippen molar-refractivity contribution in [1.29, 1.82) is 0 Å². The van der Waals surface area contributed by atoms with E-state index in [2.05, 4.69) is 6.58 Å². The predicted molar refractivity (Wildman–Crippen MR) is 76.0 cm³/mol. The zero-order valence-electron chi connectivity index (χ0n) is 13.2. The molecule has 20 heavy (non-hydrogen) atoms. The summed E-state index contributed by atoms with van der Waals surface area (Å²) >= 11 is 0. The van der Waals surface area contributed by atoms with E-state index < -0.39 is 35.2 Å². The number of hydrogen-bond donors (Lipinski definition) is 1. The highest BCUT2D eigenvalue weighted by atomic mass is 16.6. The lowest BCUT2D eigenvalue weighted by Crippen LogP contribution is -2.41. The molecule has 2 atom stereocenters. The van der Waals surface area contributed by atoms with Crippen LogP contribution in [-0.2, 0) is 19.1 Å².